The van der Waals surface area contributed by atoms with Crippen molar-refractivity contribution >= 4 is 22.8 Å². The normalized spacial score (nSPS) is 11.1. The molecule has 0 aliphatic carbocycles. The monoisotopic (exact) mass is 420 g/mol. The highest BCUT2D eigenvalue weighted by Gasteiger charge is 2.17. The van der Waals surface area contributed by atoms with Gasteiger partial charge >= 0.3 is 0 Å². The van der Waals surface area contributed by atoms with E-state index >= 15 is 0 Å². The van der Waals surface area contributed by atoms with Crippen LogP contribution in [0.15, 0.2) is 55.0 Å². The second-order valence-corrected chi connectivity index (χ2v) is 7.13. The minimum atomic E-state index is -0.354. The van der Waals surface area contributed by atoms with Crippen LogP contribution in [-0.4, -0.2) is 58.0 Å². The first-order chi connectivity index (χ1) is 15.0. The summed E-state index contributed by atoms with van der Waals surface area (Å²) in [6.07, 6.45) is 4.66. The quantitative estimate of drug-likeness (QED) is 0.476. The Morgan fingerprint density at radius 3 is 2.74 bits per heavy atom. The number of hydrogen-bond acceptors (Lipinski definition) is 6. The van der Waals surface area contributed by atoms with Gasteiger partial charge in [-0.2, -0.15) is 0 Å². The molecule has 158 valence electrons. The highest BCUT2D eigenvalue weighted by Crippen LogP contribution is 2.25. The lowest BCUT2D eigenvalue weighted by molar-refractivity contribution is 0.102. The van der Waals surface area contributed by atoms with Crippen LogP contribution in [0.5, 0.6) is 5.75 Å². The standard InChI is InChI=1S/C22H21FN6O2/c1-29(2)11-12-31-18-8-9-24-13-17(18)26-22(30)16-7-10-25-21-19(16)27-20(28-21)14-3-5-15(23)6-4-14/h3-10,13H,11-12H2,1-2H3,(H,26,30)(H,25,27,28). The Kier molecular flexibility index (Phi) is 5.85. The van der Waals surface area contributed by atoms with E-state index in [2.05, 4.69) is 25.3 Å². The van der Waals surface area contributed by atoms with Gasteiger partial charge in [0, 0.05) is 30.6 Å². The maximum Gasteiger partial charge on any atom is 0.258 e. The average molecular weight is 420 g/mol. The second-order valence-electron chi connectivity index (χ2n) is 7.13. The summed E-state index contributed by atoms with van der Waals surface area (Å²) in [6, 6.07) is 9.23. The molecule has 9 heteroatoms. The summed E-state index contributed by atoms with van der Waals surface area (Å²) in [7, 11) is 3.91. The summed E-state index contributed by atoms with van der Waals surface area (Å²) in [5.41, 5.74) is 2.40. The molecule has 3 heterocycles. The topological polar surface area (TPSA) is 96.0 Å². The van der Waals surface area contributed by atoms with Gasteiger partial charge in [-0.1, -0.05) is 0 Å². The number of aromatic amines is 1. The Balaban J connectivity index is 1.59. The van der Waals surface area contributed by atoms with Gasteiger partial charge in [-0.3, -0.25) is 9.78 Å². The molecule has 3 aromatic heterocycles. The number of anilines is 1. The lowest BCUT2D eigenvalue weighted by atomic mass is 10.2. The number of pyridine rings is 2. The number of nitrogens with zero attached hydrogens (tertiary/aromatic N) is 4. The smallest absolute Gasteiger partial charge is 0.258 e. The Hall–Kier alpha value is -3.85. The number of benzene rings is 1. The molecule has 0 aliphatic heterocycles. The van der Waals surface area contributed by atoms with Crippen LogP contribution in [-0.2, 0) is 0 Å². The van der Waals surface area contributed by atoms with Crippen molar-refractivity contribution in [2.45, 2.75) is 0 Å². The van der Waals surface area contributed by atoms with Gasteiger partial charge in [-0.05, 0) is 44.4 Å². The van der Waals surface area contributed by atoms with E-state index in [-0.39, 0.29) is 11.7 Å². The number of halogens is 1. The van der Waals surface area contributed by atoms with E-state index in [9.17, 15) is 9.18 Å². The molecule has 0 atom stereocenters. The second kappa shape index (κ2) is 8.88. The molecule has 1 amide bonds. The fraction of sp³-hybridized carbons (Fsp3) is 0.182. The summed E-state index contributed by atoms with van der Waals surface area (Å²) in [4.78, 5) is 30.9. The number of H-pyrrole nitrogens is 1. The van der Waals surface area contributed by atoms with Crippen molar-refractivity contribution < 1.29 is 13.9 Å². The van der Waals surface area contributed by atoms with E-state index < -0.39 is 0 Å². The zero-order valence-corrected chi connectivity index (χ0v) is 17.1. The predicted octanol–water partition coefficient (Wildman–Crippen LogP) is 3.35. The fourth-order valence-electron chi connectivity index (χ4n) is 2.97. The summed E-state index contributed by atoms with van der Waals surface area (Å²) in [5, 5.41) is 2.85. The molecule has 0 spiro atoms. The minimum Gasteiger partial charge on any atom is -0.490 e. The first kappa shape index (κ1) is 20.4. The fourth-order valence-corrected chi connectivity index (χ4v) is 2.97. The Labute approximate surface area is 178 Å². The maximum absolute atomic E-state index is 13.2. The first-order valence-electron chi connectivity index (χ1n) is 9.65. The summed E-state index contributed by atoms with van der Waals surface area (Å²) >= 11 is 0. The van der Waals surface area contributed by atoms with Gasteiger partial charge in [0.2, 0.25) is 0 Å². The van der Waals surface area contributed by atoms with Crippen molar-refractivity contribution in [2.24, 2.45) is 0 Å². The number of likely N-dealkylation sites (N-methyl/N-ethyl adjacent to an activating group) is 1. The van der Waals surface area contributed by atoms with Gasteiger partial charge in [0.25, 0.3) is 5.91 Å². The molecule has 0 unspecified atom stereocenters. The summed E-state index contributed by atoms with van der Waals surface area (Å²) in [5.74, 6) is 0.342. The van der Waals surface area contributed by atoms with E-state index in [1.807, 2.05) is 19.0 Å². The van der Waals surface area contributed by atoms with Crippen molar-refractivity contribution in [3.8, 4) is 17.1 Å². The lowest BCUT2D eigenvalue weighted by Gasteiger charge is -2.14. The van der Waals surface area contributed by atoms with Crippen molar-refractivity contribution in [2.75, 3.05) is 32.6 Å². The molecule has 0 aliphatic rings. The van der Waals surface area contributed by atoms with Crippen LogP contribution < -0.4 is 10.1 Å². The largest absolute Gasteiger partial charge is 0.490 e. The number of rotatable bonds is 7. The molecule has 2 N–H and O–H groups in total. The molecule has 0 bridgehead atoms. The van der Waals surface area contributed by atoms with E-state index in [1.165, 1.54) is 24.5 Å². The molecule has 4 aromatic rings. The van der Waals surface area contributed by atoms with Gasteiger partial charge < -0.3 is 19.9 Å². The van der Waals surface area contributed by atoms with Gasteiger partial charge in [-0.15, -0.1) is 0 Å². The predicted molar refractivity (Wildman–Crippen MR) is 116 cm³/mol. The number of nitrogens with one attached hydrogen (secondary N) is 2. The molecule has 8 nitrogen and oxygen atoms in total. The van der Waals surface area contributed by atoms with Crippen molar-refractivity contribution in [3.05, 3.63) is 66.4 Å². The van der Waals surface area contributed by atoms with Crippen LogP contribution in [0.25, 0.3) is 22.6 Å². The number of imidazole rings is 1. The van der Waals surface area contributed by atoms with Crippen LogP contribution in [0.2, 0.25) is 0 Å². The molecule has 0 saturated heterocycles. The average Bonchev–Trinajstić information content (AvgIpc) is 3.19. The third-order valence-corrected chi connectivity index (χ3v) is 4.58. The number of carbonyl (C=O) groups excluding carboxylic acids is 1. The van der Waals surface area contributed by atoms with Crippen LogP contribution in [0, 0.1) is 5.82 Å². The van der Waals surface area contributed by atoms with Gasteiger partial charge in [-0.25, -0.2) is 14.4 Å². The van der Waals surface area contributed by atoms with Gasteiger partial charge in [0.1, 0.15) is 29.7 Å². The van der Waals surface area contributed by atoms with Crippen LogP contribution >= 0.6 is 0 Å². The number of ether oxygens (including phenoxy) is 1. The van der Waals surface area contributed by atoms with Crippen molar-refractivity contribution in [1.29, 1.82) is 0 Å². The maximum atomic E-state index is 13.2. The third-order valence-electron chi connectivity index (χ3n) is 4.58. The Bertz CT molecular complexity index is 1210. The molecular formula is C22H21FN6O2. The zero-order valence-electron chi connectivity index (χ0n) is 17.1. The minimum absolute atomic E-state index is 0.335. The van der Waals surface area contributed by atoms with Gasteiger partial charge in [0.05, 0.1) is 17.3 Å². The molecule has 0 radical (unpaired) electrons. The number of amides is 1. The highest BCUT2D eigenvalue weighted by molar-refractivity contribution is 6.11. The number of hydrogen-bond donors (Lipinski definition) is 2. The van der Waals surface area contributed by atoms with E-state index in [4.69, 9.17) is 4.74 Å². The van der Waals surface area contributed by atoms with Crippen LogP contribution in [0.1, 0.15) is 10.4 Å². The number of aromatic nitrogens is 4. The molecule has 4 rings (SSSR count). The van der Waals surface area contributed by atoms with Crippen LogP contribution in [0.4, 0.5) is 10.1 Å². The number of fused-ring (bicyclic) bond motifs is 1. The number of carbonyl (C=O) groups is 1. The Morgan fingerprint density at radius 1 is 1.16 bits per heavy atom. The van der Waals surface area contributed by atoms with Crippen molar-refractivity contribution in [1.82, 2.24) is 24.8 Å². The molecule has 0 fully saturated rings. The first-order valence-corrected chi connectivity index (χ1v) is 9.65. The third kappa shape index (κ3) is 4.67. The van der Waals surface area contributed by atoms with E-state index in [0.717, 1.165) is 6.54 Å². The molecule has 0 saturated carbocycles. The molecule has 1 aromatic carbocycles. The molecular weight excluding hydrogens is 399 g/mol. The molecule has 31 heavy (non-hydrogen) atoms. The van der Waals surface area contributed by atoms with Crippen molar-refractivity contribution in [3.63, 3.8) is 0 Å². The SMILES string of the molecule is CN(C)CCOc1ccncc1NC(=O)c1ccnc2nc(-c3ccc(F)cc3)[nH]c12. The zero-order chi connectivity index (χ0) is 21.8. The summed E-state index contributed by atoms with van der Waals surface area (Å²) < 4.78 is 19.0. The van der Waals surface area contributed by atoms with Crippen LogP contribution in [0.3, 0.4) is 0 Å². The lowest BCUT2D eigenvalue weighted by Crippen LogP contribution is -2.20. The van der Waals surface area contributed by atoms with Gasteiger partial charge in [0.15, 0.2) is 5.65 Å². The Morgan fingerprint density at radius 2 is 1.97 bits per heavy atom. The highest BCUT2D eigenvalue weighted by atomic mass is 19.1. The van der Waals surface area contributed by atoms with E-state index in [1.54, 1.807) is 30.5 Å². The van der Waals surface area contributed by atoms with E-state index in [0.29, 0.717) is 46.2 Å². The summed E-state index contributed by atoms with van der Waals surface area (Å²) in [6.45, 7) is 1.21.